The number of carbonyl (C=O) groups excluding carboxylic acids is 1. The van der Waals surface area contributed by atoms with Crippen molar-refractivity contribution in [2.75, 3.05) is 18.9 Å². The Balaban J connectivity index is 1.79. The third-order valence-corrected chi connectivity index (χ3v) is 3.12. The van der Waals surface area contributed by atoms with E-state index in [0.29, 0.717) is 17.9 Å². The first-order valence-corrected chi connectivity index (χ1v) is 6.61. The average molecular weight is 273 g/mol. The molecule has 3 N–H and O–H groups in total. The summed E-state index contributed by atoms with van der Waals surface area (Å²) in [4.78, 5) is 16.0. The minimum Gasteiger partial charge on any atom is -0.373 e. The molecule has 0 saturated carbocycles. The fraction of sp³-hybridized carbons (Fsp3) is 0.357. The van der Waals surface area contributed by atoms with E-state index in [1.54, 1.807) is 25.4 Å². The quantitative estimate of drug-likeness (QED) is 0.697. The van der Waals surface area contributed by atoms with E-state index in [1.165, 1.54) is 5.56 Å². The maximum Gasteiger partial charge on any atom is 0.251 e. The first-order chi connectivity index (χ1) is 9.70. The molecule has 1 amide bonds. The van der Waals surface area contributed by atoms with Crippen molar-refractivity contribution in [3.63, 3.8) is 0 Å². The van der Waals surface area contributed by atoms with Gasteiger partial charge in [0, 0.05) is 31.0 Å². The normalized spacial score (nSPS) is 10.3. The van der Waals surface area contributed by atoms with E-state index in [2.05, 4.69) is 25.8 Å². The first-order valence-electron chi connectivity index (χ1n) is 6.61. The number of amides is 1. The largest absolute Gasteiger partial charge is 0.373 e. The lowest BCUT2D eigenvalue weighted by atomic mass is 10.1. The molecule has 0 aliphatic carbocycles. The van der Waals surface area contributed by atoms with Gasteiger partial charge in [-0.2, -0.15) is 5.10 Å². The molecule has 0 aliphatic heterocycles. The summed E-state index contributed by atoms with van der Waals surface area (Å²) in [5.41, 5.74) is 2.90. The summed E-state index contributed by atoms with van der Waals surface area (Å²) < 4.78 is 0. The van der Waals surface area contributed by atoms with Gasteiger partial charge >= 0.3 is 0 Å². The molecule has 2 heterocycles. The van der Waals surface area contributed by atoms with E-state index >= 15 is 0 Å². The fourth-order valence-corrected chi connectivity index (χ4v) is 1.92. The van der Waals surface area contributed by atoms with Gasteiger partial charge in [-0.15, -0.1) is 0 Å². The molecule has 0 atom stereocenters. The Labute approximate surface area is 118 Å². The summed E-state index contributed by atoms with van der Waals surface area (Å²) in [6.45, 7) is 2.64. The Hall–Kier alpha value is -2.37. The van der Waals surface area contributed by atoms with Gasteiger partial charge in [-0.3, -0.25) is 9.89 Å². The molecule has 0 fully saturated rings. The van der Waals surface area contributed by atoms with Crippen LogP contribution in [0.15, 0.2) is 24.5 Å². The third-order valence-electron chi connectivity index (χ3n) is 3.12. The highest BCUT2D eigenvalue weighted by Crippen LogP contribution is 2.07. The predicted molar refractivity (Wildman–Crippen MR) is 77.8 cm³/mol. The van der Waals surface area contributed by atoms with Crippen molar-refractivity contribution in [3.8, 4) is 0 Å². The third kappa shape index (κ3) is 3.57. The highest BCUT2D eigenvalue weighted by atomic mass is 16.1. The highest BCUT2D eigenvalue weighted by Gasteiger charge is 2.06. The van der Waals surface area contributed by atoms with Crippen LogP contribution in [-0.2, 0) is 6.42 Å². The van der Waals surface area contributed by atoms with E-state index in [0.717, 1.165) is 18.5 Å². The molecule has 0 bridgehead atoms. The Kier molecular flexibility index (Phi) is 4.70. The van der Waals surface area contributed by atoms with Crippen molar-refractivity contribution < 1.29 is 4.79 Å². The number of hydrogen-bond acceptors (Lipinski definition) is 4. The van der Waals surface area contributed by atoms with Gasteiger partial charge < -0.3 is 10.6 Å². The molecule has 0 saturated heterocycles. The molecule has 6 heteroatoms. The molecule has 2 aromatic rings. The SMILES string of the molecule is CNc1cc(C(=O)NCCCc2cn[nH]c2C)ccn1. The lowest BCUT2D eigenvalue weighted by molar-refractivity contribution is 0.0953. The second kappa shape index (κ2) is 6.70. The number of H-pyrrole nitrogens is 1. The molecule has 0 radical (unpaired) electrons. The smallest absolute Gasteiger partial charge is 0.251 e. The van der Waals surface area contributed by atoms with Crippen LogP contribution < -0.4 is 10.6 Å². The molecule has 0 aliphatic rings. The average Bonchev–Trinajstić information content (AvgIpc) is 2.89. The number of nitrogens with zero attached hydrogens (tertiary/aromatic N) is 2. The number of anilines is 1. The van der Waals surface area contributed by atoms with Gasteiger partial charge in [0.1, 0.15) is 5.82 Å². The zero-order valence-electron chi connectivity index (χ0n) is 11.7. The molecule has 2 rings (SSSR count). The molecule has 106 valence electrons. The number of nitrogens with one attached hydrogen (secondary N) is 3. The number of aromatic amines is 1. The van der Waals surface area contributed by atoms with Crippen LogP contribution in [0, 0.1) is 6.92 Å². The zero-order chi connectivity index (χ0) is 14.4. The Bertz CT molecular complexity index is 578. The lowest BCUT2D eigenvalue weighted by Crippen LogP contribution is -2.24. The summed E-state index contributed by atoms with van der Waals surface area (Å²) in [5, 5.41) is 12.7. The van der Waals surface area contributed by atoms with Crippen LogP contribution in [-0.4, -0.2) is 34.7 Å². The van der Waals surface area contributed by atoms with Crippen molar-refractivity contribution in [1.29, 1.82) is 0 Å². The predicted octanol–water partition coefficient (Wildman–Crippen LogP) is 1.52. The minimum atomic E-state index is -0.0761. The standard InChI is InChI=1S/C14H19N5O/c1-10-12(9-18-19-10)4-3-6-17-14(20)11-5-7-16-13(8-11)15-2/h5,7-9H,3-4,6H2,1-2H3,(H,15,16)(H,17,20)(H,18,19). The van der Waals surface area contributed by atoms with Gasteiger partial charge in [0.2, 0.25) is 0 Å². The van der Waals surface area contributed by atoms with Crippen LogP contribution in [0.2, 0.25) is 0 Å². The summed E-state index contributed by atoms with van der Waals surface area (Å²) in [6.07, 6.45) is 5.24. The summed E-state index contributed by atoms with van der Waals surface area (Å²) in [5.74, 6) is 0.611. The number of aryl methyl sites for hydroxylation is 2. The summed E-state index contributed by atoms with van der Waals surface area (Å²) in [6, 6.07) is 3.44. The van der Waals surface area contributed by atoms with Crippen LogP contribution in [0.1, 0.15) is 28.0 Å². The van der Waals surface area contributed by atoms with Gasteiger partial charge in [0.25, 0.3) is 5.91 Å². The van der Waals surface area contributed by atoms with Crippen LogP contribution >= 0.6 is 0 Å². The van der Waals surface area contributed by atoms with Gasteiger partial charge in [-0.25, -0.2) is 4.98 Å². The van der Waals surface area contributed by atoms with Crippen molar-refractivity contribution in [3.05, 3.63) is 41.3 Å². The lowest BCUT2D eigenvalue weighted by Gasteiger charge is -2.06. The number of pyridine rings is 1. The van der Waals surface area contributed by atoms with Crippen LogP contribution in [0.5, 0.6) is 0 Å². The molecule has 0 spiro atoms. The van der Waals surface area contributed by atoms with Crippen molar-refractivity contribution >= 4 is 11.7 Å². The second-order valence-corrected chi connectivity index (χ2v) is 4.56. The van der Waals surface area contributed by atoms with Gasteiger partial charge in [0.15, 0.2) is 0 Å². The summed E-state index contributed by atoms with van der Waals surface area (Å²) >= 11 is 0. The molecule has 20 heavy (non-hydrogen) atoms. The van der Waals surface area contributed by atoms with E-state index in [4.69, 9.17) is 0 Å². The monoisotopic (exact) mass is 273 g/mol. The molecule has 0 unspecified atom stereocenters. The number of hydrogen-bond donors (Lipinski definition) is 3. The zero-order valence-corrected chi connectivity index (χ0v) is 11.7. The van der Waals surface area contributed by atoms with E-state index < -0.39 is 0 Å². The van der Waals surface area contributed by atoms with Crippen LogP contribution in [0.25, 0.3) is 0 Å². The summed E-state index contributed by atoms with van der Waals surface area (Å²) in [7, 11) is 1.78. The molecule has 2 aromatic heterocycles. The highest BCUT2D eigenvalue weighted by molar-refractivity contribution is 5.94. The van der Waals surface area contributed by atoms with Crippen molar-refractivity contribution in [2.24, 2.45) is 0 Å². The van der Waals surface area contributed by atoms with E-state index in [-0.39, 0.29) is 5.91 Å². The molecule has 6 nitrogen and oxygen atoms in total. The van der Waals surface area contributed by atoms with Gasteiger partial charge in [-0.1, -0.05) is 0 Å². The maximum absolute atomic E-state index is 12.0. The van der Waals surface area contributed by atoms with E-state index in [9.17, 15) is 4.79 Å². The second-order valence-electron chi connectivity index (χ2n) is 4.56. The Morgan fingerprint density at radius 3 is 3.00 bits per heavy atom. The molecular weight excluding hydrogens is 254 g/mol. The first kappa shape index (κ1) is 14.0. The maximum atomic E-state index is 12.0. The minimum absolute atomic E-state index is 0.0761. The van der Waals surface area contributed by atoms with Gasteiger partial charge in [0.05, 0.1) is 6.20 Å². The molecular formula is C14H19N5O. The Morgan fingerprint density at radius 2 is 2.30 bits per heavy atom. The van der Waals surface area contributed by atoms with E-state index in [1.807, 2.05) is 13.1 Å². The van der Waals surface area contributed by atoms with Crippen molar-refractivity contribution in [2.45, 2.75) is 19.8 Å². The number of rotatable bonds is 6. The molecule has 0 aromatic carbocycles. The Morgan fingerprint density at radius 1 is 1.45 bits per heavy atom. The van der Waals surface area contributed by atoms with Crippen LogP contribution in [0.4, 0.5) is 5.82 Å². The topological polar surface area (TPSA) is 82.7 Å². The fourth-order valence-electron chi connectivity index (χ4n) is 1.92. The number of aromatic nitrogens is 3. The number of carbonyl (C=O) groups is 1. The van der Waals surface area contributed by atoms with Gasteiger partial charge in [-0.05, 0) is 37.5 Å². The van der Waals surface area contributed by atoms with Crippen LogP contribution in [0.3, 0.4) is 0 Å². The van der Waals surface area contributed by atoms with Crippen molar-refractivity contribution in [1.82, 2.24) is 20.5 Å².